The molecule has 0 saturated carbocycles. The van der Waals surface area contributed by atoms with E-state index >= 15 is 0 Å². The molecule has 1 aromatic heterocycles. The lowest BCUT2D eigenvalue weighted by molar-refractivity contribution is -0.117. The number of carbonyl (C=O) groups is 2. The topological polar surface area (TPSA) is 112 Å². The Morgan fingerprint density at radius 1 is 1.44 bits per heavy atom. The molecule has 0 aliphatic carbocycles. The van der Waals surface area contributed by atoms with E-state index in [9.17, 15) is 14.7 Å². The Hall–Kier alpha value is -1.99. The summed E-state index contributed by atoms with van der Waals surface area (Å²) in [7, 11) is 0. The zero-order valence-electron chi connectivity index (χ0n) is 9.46. The summed E-state index contributed by atoms with van der Waals surface area (Å²) in [5.74, 6) is -1.41. The van der Waals surface area contributed by atoms with Gasteiger partial charge in [-0.15, -0.1) is 0 Å². The molecule has 1 fully saturated rings. The van der Waals surface area contributed by atoms with Crippen molar-refractivity contribution in [2.24, 2.45) is 0 Å². The summed E-state index contributed by atoms with van der Waals surface area (Å²) in [6.45, 7) is 0.380. The standard InChI is InChI=1S/C11H13N3O4/c15-8-2-9(13-5-8)10(16)14-7-1-6(11(17)18)3-12-4-7/h1,3-4,8-9,13,15H,2,5H2,(H,14,16)(H,17,18). The number of hydrogen-bond donors (Lipinski definition) is 4. The van der Waals surface area contributed by atoms with Crippen molar-refractivity contribution < 1.29 is 19.8 Å². The van der Waals surface area contributed by atoms with Crippen LogP contribution in [0.5, 0.6) is 0 Å². The first-order chi connectivity index (χ1) is 8.56. The number of pyridine rings is 1. The number of aliphatic hydroxyl groups is 1. The van der Waals surface area contributed by atoms with Gasteiger partial charge in [0.1, 0.15) is 0 Å². The van der Waals surface area contributed by atoms with Crippen molar-refractivity contribution in [2.75, 3.05) is 11.9 Å². The van der Waals surface area contributed by atoms with Gasteiger partial charge in [0.15, 0.2) is 0 Å². The summed E-state index contributed by atoms with van der Waals surface area (Å²) in [4.78, 5) is 26.3. The second-order valence-electron chi connectivity index (χ2n) is 4.11. The molecule has 1 aromatic rings. The summed E-state index contributed by atoms with van der Waals surface area (Å²) in [5.41, 5.74) is 0.329. The second-order valence-corrected chi connectivity index (χ2v) is 4.11. The van der Waals surface area contributed by atoms with Crippen molar-refractivity contribution in [2.45, 2.75) is 18.6 Å². The SMILES string of the molecule is O=C(O)c1cncc(NC(=O)C2CC(O)CN2)c1. The number of aromatic carboxylic acids is 1. The Kier molecular flexibility index (Phi) is 3.54. The molecule has 18 heavy (non-hydrogen) atoms. The number of β-amino-alcohol motifs (C(OH)–C–C–N with tert-alkyl or cyclic N) is 1. The van der Waals surface area contributed by atoms with Gasteiger partial charge in [0.2, 0.25) is 5.91 Å². The summed E-state index contributed by atoms with van der Waals surface area (Å²) >= 11 is 0. The molecule has 2 heterocycles. The minimum Gasteiger partial charge on any atom is -0.478 e. The molecule has 1 aliphatic heterocycles. The number of nitrogens with one attached hydrogen (secondary N) is 2. The molecule has 1 amide bonds. The van der Waals surface area contributed by atoms with Crippen LogP contribution >= 0.6 is 0 Å². The van der Waals surface area contributed by atoms with E-state index < -0.39 is 18.1 Å². The largest absolute Gasteiger partial charge is 0.478 e. The number of carboxylic acid groups (broad SMARTS) is 1. The molecule has 7 heteroatoms. The van der Waals surface area contributed by atoms with E-state index in [2.05, 4.69) is 15.6 Å². The molecule has 0 spiro atoms. The summed E-state index contributed by atoms with van der Waals surface area (Å²) in [6, 6.07) is 0.868. The number of rotatable bonds is 3. The zero-order chi connectivity index (χ0) is 13.1. The van der Waals surface area contributed by atoms with Crippen molar-refractivity contribution in [3.05, 3.63) is 24.0 Å². The fourth-order valence-electron chi connectivity index (χ4n) is 1.77. The minimum absolute atomic E-state index is 0.00668. The minimum atomic E-state index is -1.10. The third-order valence-corrected chi connectivity index (χ3v) is 2.68. The van der Waals surface area contributed by atoms with Gasteiger partial charge in [-0.2, -0.15) is 0 Å². The van der Waals surface area contributed by atoms with Crippen LogP contribution in [0.3, 0.4) is 0 Å². The highest BCUT2D eigenvalue weighted by Crippen LogP contribution is 2.12. The quantitative estimate of drug-likeness (QED) is 0.573. The number of hydrogen-bond acceptors (Lipinski definition) is 5. The van der Waals surface area contributed by atoms with E-state index in [0.717, 1.165) is 0 Å². The van der Waals surface area contributed by atoms with Crippen LogP contribution in [0, 0.1) is 0 Å². The maximum absolute atomic E-state index is 11.8. The highest BCUT2D eigenvalue weighted by Gasteiger charge is 2.28. The number of carbonyl (C=O) groups excluding carboxylic acids is 1. The number of amides is 1. The Balaban J connectivity index is 2.03. The van der Waals surface area contributed by atoms with Crippen LogP contribution in [0.1, 0.15) is 16.8 Å². The monoisotopic (exact) mass is 251 g/mol. The molecular formula is C11H13N3O4. The highest BCUT2D eigenvalue weighted by molar-refractivity contribution is 5.96. The predicted molar refractivity (Wildman–Crippen MR) is 62.2 cm³/mol. The van der Waals surface area contributed by atoms with Crippen LogP contribution in [0.15, 0.2) is 18.5 Å². The van der Waals surface area contributed by atoms with E-state index in [-0.39, 0.29) is 11.5 Å². The Morgan fingerprint density at radius 3 is 2.83 bits per heavy atom. The highest BCUT2D eigenvalue weighted by atomic mass is 16.4. The van der Waals surface area contributed by atoms with Crippen molar-refractivity contribution in [3.63, 3.8) is 0 Å². The second kappa shape index (κ2) is 5.11. The van der Waals surface area contributed by atoms with Gasteiger partial charge < -0.3 is 20.8 Å². The van der Waals surface area contributed by atoms with E-state index in [4.69, 9.17) is 5.11 Å². The van der Waals surface area contributed by atoms with Crippen molar-refractivity contribution in [1.82, 2.24) is 10.3 Å². The average Bonchev–Trinajstić information content (AvgIpc) is 2.76. The third-order valence-electron chi connectivity index (χ3n) is 2.68. The molecule has 2 unspecified atom stereocenters. The number of aromatic nitrogens is 1. The number of anilines is 1. The average molecular weight is 251 g/mol. The molecule has 0 bridgehead atoms. The number of carboxylic acids is 1. The molecule has 1 saturated heterocycles. The van der Waals surface area contributed by atoms with Crippen LogP contribution in [0.4, 0.5) is 5.69 Å². The number of aliphatic hydroxyl groups excluding tert-OH is 1. The molecule has 2 rings (SSSR count). The van der Waals surface area contributed by atoms with Crippen molar-refractivity contribution in [1.29, 1.82) is 0 Å². The molecule has 4 N–H and O–H groups in total. The maximum atomic E-state index is 11.8. The van der Waals surface area contributed by atoms with Crippen molar-refractivity contribution >= 4 is 17.6 Å². The van der Waals surface area contributed by atoms with Crippen LogP contribution in [0.2, 0.25) is 0 Å². The lowest BCUT2D eigenvalue weighted by Crippen LogP contribution is -2.35. The van der Waals surface area contributed by atoms with Gasteiger partial charge in [-0.25, -0.2) is 4.79 Å². The van der Waals surface area contributed by atoms with E-state index in [1.54, 1.807) is 0 Å². The first kappa shape index (κ1) is 12.5. The smallest absolute Gasteiger partial charge is 0.337 e. The van der Waals surface area contributed by atoms with Gasteiger partial charge in [0.25, 0.3) is 0 Å². The van der Waals surface area contributed by atoms with Crippen LogP contribution in [-0.2, 0) is 4.79 Å². The summed E-state index contributed by atoms with van der Waals surface area (Å²) in [6.07, 6.45) is 2.40. The predicted octanol–water partition coefficient (Wildman–Crippen LogP) is -0.559. The summed E-state index contributed by atoms with van der Waals surface area (Å²) in [5, 5.41) is 23.5. The fraction of sp³-hybridized carbons (Fsp3) is 0.364. The molecule has 0 aromatic carbocycles. The molecule has 2 atom stereocenters. The van der Waals surface area contributed by atoms with Crippen LogP contribution in [-0.4, -0.2) is 45.8 Å². The molecule has 1 aliphatic rings. The van der Waals surface area contributed by atoms with Gasteiger partial charge in [-0.1, -0.05) is 0 Å². The van der Waals surface area contributed by atoms with Gasteiger partial charge in [0.05, 0.1) is 29.6 Å². The molecule has 0 radical (unpaired) electrons. The van der Waals surface area contributed by atoms with E-state index in [1.807, 2.05) is 0 Å². The van der Waals surface area contributed by atoms with Gasteiger partial charge in [0, 0.05) is 12.7 Å². The van der Waals surface area contributed by atoms with Crippen LogP contribution < -0.4 is 10.6 Å². The zero-order valence-corrected chi connectivity index (χ0v) is 9.46. The Labute approximate surface area is 103 Å². The normalized spacial score (nSPS) is 22.7. The Morgan fingerprint density at radius 2 is 2.22 bits per heavy atom. The van der Waals surface area contributed by atoms with Gasteiger partial charge in [-0.05, 0) is 12.5 Å². The first-order valence-corrected chi connectivity index (χ1v) is 5.47. The maximum Gasteiger partial charge on any atom is 0.337 e. The molecule has 96 valence electrons. The van der Waals surface area contributed by atoms with Crippen LogP contribution in [0.25, 0.3) is 0 Å². The fourth-order valence-corrected chi connectivity index (χ4v) is 1.77. The molecular weight excluding hydrogens is 238 g/mol. The van der Waals surface area contributed by atoms with Crippen molar-refractivity contribution in [3.8, 4) is 0 Å². The number of nitrogens with zero attached hydrogens (tertiary/aromatic N) is 1. The lowest BCUT2D eigenvalue weighted by atomic mass is 10.2. The van der Waals surface area contributed by atoms with E-state index in [1.165, 1.54) is 18.5 Å². The van der Waals surface area contributed by atoms with E-state index in [0.29, 0.717) is 18.7 Å². The Bertz CT molecular complexity index is 477. The third kappa shape index (κ3) is 2.82. The van der Waals surface area contributed by atoms with Gasteiger partial charge in [-0.3, -0.25) is 9.78 Å². The molecule has 7 nitrogen and oxygen atoms in total. The lowest BCUT2D eigenvalue weighted by Gasteiger charge is -2.10. The first-order valence-electron chi connectivity index (χ1n) is 5.47. The van der Waals surface area contributed by atoms with Gasteiger partial charge >= 0.3 is 5.97 Å². The summed E-state index contributed by atoms with van der Waals surface area (Å²) < 4.78 is 0.